The number of amides is 2. The molecule has 4 heteroatoms. The van der Waals surface area contributed by atoms with E-state index in [2.05, 4.69) is 0 Å². The number of hydrogen-bond donors (Lipinski definition) is 1. The molecule has 0 unspecified atom stereocenters. The number of urea groups is 1. The van der Waals surface area contributed by atoms with Crippen LogP contribution in [0.4, 0.5) is 10.5 Å². The van der Waals surface area contributed by atoms with Crippen LogP contribution in [0, 0.1) is 0 Å². The van der Waals surface area contributed by atoms with Crippen LogP contribution in [0.2, 0.25) is 0 Å². The lowest BCUT2D eigenvalue weighted by molar-refractivity contribution is 0.257. The summed E-state index contributed by atoms with van der Waals surface area (Å²) in [5.74, 6) is 0. The van der Waals surface area contributed by atoms with Gasteiger partial charge in [0.15, 0.2) is 0 Å². The number of nitrogens with two attached hydrogens (primary N) is 1. The molecule has 0 aliphatic carbocycles. The fraction of sp³-hybridized carbons (Fsp3) is 0. The van der Waals surface area contributed by atoms with Gasteiger partial charge in [-0.25, -0.2) is 9.21 Å². The van der Waals surface area contributed by atoms with Crippen LogP contribution in [0.25, 0.3) is 0 Å². The molecular formula is C7H7ClN2O. The van der Waals surface area contributed by atoms with Crippen molar-refractivity contribution in [2.24, 2.45) is 5.73 Å². The van der Waals surface area contributed by atoms with E-state index in [0.29, 0.717) is 5.69 Å². The van der Waals surface area contributed by atoms with Crippen molar-refractivity contribution in [3.8, 4) is 0 Å². The number of primary amides is 1. The average Bonchev–Trinajstić information content (AvgIpc) is 2.05. The summed E-state index contributed by atoms with van der Waals surface area (Å²) >= 11 is 5.50. The van der Waals surface area contributed by atoms with Gasteiger partial charge in [0.1, 0.15) is 0 Å². The van der Waals surface area contributed by atoms with Crippen LogP contribution < -0.4 is 10.2 Å². The van der Waals surface area contributed by atoms with E-state index in [1.165, 1.54) is 0 Å². The normalized spacial score (nSPS) is 9.18. The molecule has 1 aromatic rings. The zero-order valence-corrected chi connectivity index (χ0v) is 6.45. The molecule has 0 heterocycles. The number of para-hydroxylation sites is 1. The molecule has 0 fully saturated rings. The van der Waals surface area contributed by atoms with Crippen LogP contribution in [0.1, 0.15) is 0 Å². The second-order valence-corrected chi connectivity index (χ2v) is 2.29. The van der Waals surface area contributed by atoms with E-state index < -0.39 is 6.03 Å². The smallest absolute Gasteiger partial charge is 0.334 e. The van der Waals surface area contributed by atoms with E-state index in [4.69, 9.17) is 17.5 Å². The van der Waals surface area contributed by atoms with Crippen LogP contribution in [0.3, 0.4) is 0 Å². The lowest BCUT2D eigenvalue weighted by atomic mass is 10.3. The molecule has 0 saturated carbocycles. The van der Waals surface area contributed by atoms with Gasteiger partial charge >= 0.3 is 6.03 Å². The Bertz CT molecular complexity index is 250. The van der Waals surface area contributed by atoms with Gasteiger partial charge in [-0.15, -0.1) is 0 Å². The number of benzene rings is 1. The van der Waals surface area contributed by atoms with Crippen molar-refractivity contribution in [1.82, 2.24) is 0 Å². The lowest BCUT2D eigenvalue weighted by Crippen LogP contribution is -2.26. The van der Waals surface area contributed by atoms with E-state index >= 15 is 0 Å². The molecule has 58 valence electrons. The molecule has 0 aromatic heterocycles. The van der Waals surface area contributed by atoms with Crippen molar-refractivity contribution in [3.63, 3.8) is 0 Å². The summed E-state index contributed by atoms with van der Waals surface area (Å²) in [5.41, 5.74) is 5.49. The minimum Gasteiger partial charge on any atom is -0.350 e. The molecule has 0 aliphatic rings. The number of rotatable bonds is 1. The van der Waals surface area contributed by atoms with Gasteiger partial charge in [-0.2, -0.15) is 0 Å². The molecule has 11 heavy (non-hydrogen) atoms. The van der Waals surface area contributed by atoms with E-state index in [1.807, 2.05) is 6.07 Å². The van der Waals surface area contributed by atoms with Gasteiger partial charge in [-0.3, -0.25) is 0 Å². The maximum Gasteiger partial charge on any atom is 0.334 e. The first-order chi connectivity index (χ1) is 5.22. The van der Waals surface area contributed by atoms with Gasteiger partial charge in [0.2, 0.25) is 0 Å². The standard InChI is InChI=1S/C7H7ClN2O/c8-10(7(9)11)6-4-2-1-3-5-6/h1-5H,(H2,9,11). The largest absolute Gasteiger partial charge is 0.350 e. The first-order valence-corrected chi connectivity index (χ1v) is 3.36. The van der Waals surface area contributed by atoms with Gasteiger partial charge in [-0.1, -0.05) is 18.2 Å². The predicted molar refractivity (Wildman–Crippen MR) is 44.4 cm³/mol. The van der Waals surface area contributed by atoms with Crippen molar-refractivity contribution in [2.75, 3.05) is 4.42 Å². The summed E-state index contributed by atoms with van der Waals surface area (Å²) < 4.78 is 0.861. The van der Waals surface area contributed by atoms with E-state index in [1.54, 1.807) is 24.3 Å². The maximum atomic E-state index is 10.5. The third kappa shape index (κ3) is 1.85. The highest BCUT2D eigenvalue weighted by Crippen LogP contribution is 2.14. The van der Waals surface area contributed by atoms with Crippen molar-refractivity contribution < 1.29 is 4.79 Å². The topological polar surface area (TPSA) is 46.3 Å². The monoisotopic (exact) mass is 170 g/mol. The molecule has 3 nitrogen and oxygen atoms in total. The molecule has 1 rings (SSSR count). The highest BCUT2D eigenvalue weighted by molar-refractivity contribution is 6.36. The SMILES string of the molecule is NC(=O)N(Cl)c1ccccc1. The molecule has 0 aliphatic heterocycles. The molecule has 1 aromatic carbocycles. The minimum absolute atomic E-state index is 0.571. The summed E-state index contributed by atoms with van der Waals surface area (Å²) in [6.07, 6.45) is 0. The first-order valence-electron chi connectivity index (χ1n) is 3.02. The number of anilines is 1. The summed E-state index contributed by atoms with van der Waals surface area (Å²) in [6.45, 7) is 0. The Kier molecular flexibility index (Phi) is 2.33. The van der Waals surface area contributed by atoms with Crippen LogP contribution in [0.5, 0.6) is 0 Å². The van der Waals surface area contributed by atoms with Crippen LogP contribution in [-0.4, -0.2) is 6.03 Å². The third-order valence-corrected chi connectivity index (χ3v) is 1.54. The molecule has 0 saturated heterocycles. The van der Waals surface area contributed by atoms with Crippen LogP contribution in [-0.2, 0) is 0 Å². The van der Waals surface area contributed by atoms with Crippen molar-refractivity contribution in [2.45, 2.75) is 0 Å². The number of halogens is 1. The van der Waals surface area contributed by atoms with E-state index in [9.17, 15) is 4.79 Å². The molecular weight excluding hydrogens is 164 g/mol. The highest BCUT2D eigenvalue weighted by atomic mass is 35.5. The van der Waals surface area contributed by atoms with Gasteiger partial charge in [0.05, 0.1) is 5.69 Å². The molecule has 2 N–H and O–H groups in total. The number of nitrogens with zero attached hydrogens (tertiary/aromatic N) is 1. The van der Waals surface area contributed by atoms with Gasteiger partial charge in [0.25, 0.3) is 0 Å². The maximum absolute atomic E-state index is 10.5. The van der Waals surface area contributed by atoms with E-state index in [0.717, 1.165) is 4.42 Å². The van der Waals surface area contributed by atoms with Crippen LogP contribution in [0.15, 0.2) is 30.3 Å². The number of carbonyl (C=O) groups excluding carboxylic acids is 1. The summed E-state index contributed by atoms with van der Waals surface area (Å²) in [4.78, 5) is 10.5. The van der Waals surface area contributed by atoms with Crippen LogP contribution >= 0.6 is 11.8 Å². The quantitative estimate of drug-likeness (QED) is 0.641. The Morgan fingerprint density at radius 2 is 1.91 bits per heavy atom. The van der Waals surface area contributed by atoms with Crippen molar-refractivity contribution in [1.29, 1.82) is 0 Å². The summed E-state index contributed by atoms with van der Waals surface area (Å²) in [7, 11) is 0. The molecule has 0 atom stereocenters. The van der Waals surface area contributed by atoms with Gasteiger partial charge < -0.3 is 5.73 Å². The molecule has 0 spiro atoms. The van der Waals surface area contributed by atoms with Gasteiger partial charge in [-0.05, 0) is 12.1 Å². The Morgan fingerprint density at radius 3 is 2.36 bits per heavy atom. The highest BCUT2D eigenvalue weighted by Gasteiger charge is 2.06. The average molecular weight is 171 g/mol. The third-order valence-electron chi connectivity index (χ3n) is 1.18. The fourth-order valence-corrected chi connectivity index (χ4v) is 0.799. The summed E-state index contributed by atoms with van der Waals surface area (Å²) in [5, 5.41) is 0. The predicted octanol–water partition coefficient (Wildman–Crippen LogP) is 1.73. The Morgan fingerprint density at radius 1 is 1.36 bits per heavy atom. The molecule has 0 radical (unpaired) electrons. The van der Waals surface area contributed by atoms with Crippen molar-refractivity contribution >= 4 is 23.5 Å². The zero-order valence-electron chi connectivity index (χ0n) is 5.70. The second kappa shape index (κ2) is 3.25. The first kappa shape index (κ1) is 7.88. The fourth-order valence-electron chi connectivity index (χ4n) is 0.686. The van der Waals surface area contributed by atoms with E-state index in [-0.39, 0.29) is 0 Å². The Hall–Kier alpha value is -1.22. The molecule has 0 bridgehead atoms. The number of hydrogen-bond acceptors (Lipinski definition) is 1. The lowest BCUT2D eigenvalue weighted by Gasteiger charge is -2.08. The summed E-state index contributed by atoms with van der Waals surface area (Å²) in [6, 6.07) is 8.07. The van der Waals surface area contributed by atoms with Crippen molar-refractivity contribution in [3.05, 3.63) is 30.3 Å². The molecule has 2 amide bonds. The Labute approximate surface area is 69.5 Å². The second-order valence-electron chi connectivity index (χ2n) is 1.95. The van der Waals surface area contributed by atoms with Gasteiger partial charge in [0, 0.05) is 11.8 Å². The zero-order chi connectivity index (χ0) is 8.27. The minimum atomic E-state index is -0.683. The number of carbonyl (C=O) groups is 1. The Balaban J connectivity index is 2.85.